The molecule has 1 heterocycles. The Morgan fingerprint density at radius 2 is 1.64 bits per heavy atom. The minimum atomic E-state index is -0.224. The summed E-state index contributed by atoms with van der Waals surface area (Å²) in [7, 11) is -0.0841. The summed E-state index contributed by atoms with van der Waals surface area (Å²) in [5.41, 5.74) is 2.53. The number of hydrogen-bond acceptors (Lipinski definition) is 2. The molecule has 0 amide bonds. The molecule has 1 aromatic rings. The minimum Gasteiger partial charge on any atom is -0.403 e. The van der Waals surface area contributed by atoms with Crippen LogP contribution in [-0.2, 0) is 15.7 Å². The lowest BCUT2D eigenvalue weighted by atomic mass is 9.71. The van der Waals surface area contributed by atoms with Gasteiger partial charge >= 0.3 is 7.12 Å². The van der Waals surface area contributed by atoms with Crippen molar-refractivity contribution in [3.05, 3.63) is 47.5 Å². The molecular formula is C19H27BO2. The van der Waals surface area contributed by atoms with Crippen LogP contribution >= 0.6 is 0 Å². The van der Waals surface area contributed by atoms with E-state index in [-0.39, 0.29) is 18.3 Å². The third-order valence-corrected chi connectivity index (χ3v) is 5.45. The maximum absolute atomic E-state index is 6.19. The van der Waals surface area contributed by atoms with Crippen LogP contribution in [0.15, 0.2) is 42.0 Å². The van der Waals surface area contributed by atoms with Gasteiger partial charge in [-0.15, -0.1) is 0 Å². The Balaban J connectivity index is 1.58. The molecule has 0 bridgehead atoms. The highest BCUT2D eigenvalue weighted by Crippen LogP contribution is 2.44. The number of aryl methyl sites for hydroxylation is 1. The van der Waals surface area contributed by atoms with Gasteiger partial charge in [0.15, 0.2) is 0 Å². The highest BCUT2D eigenvalue weighted by molar-refractivity contribution is 6.48. The molecule has 1 aromatic carbocycles. The number of benzene rings is 1. The summed E-state index contributed by atoms with van der Waals surface area (Å²) < 4.78 is 12.4. The highest BCUT2D eigenvalue weighted by atomic mass is 16.7. The Labute approximate surface area is 135 Å². The van der Waals surface area contributed by atoms with Crippen molar-refractivity contribution < 1.29 is 9.31 Å². The molecule has 0 aromatic heterocycles. The molecule has 0 saturated carbocycles. The second kappa shape index (κ2) is 5.86. The maximum atomic E-state index is 6.19. The average Bonchev–Trinajstić information content (AvgIpc) is 3.01. The molecule has 3 heteroatoms. The first-order valence-electron chi connectivity index (χ1n) is 8.46. The fourth-order valence-electron chi connectivity index (χ4n) is 3.26. The van der Waals surface area contributed by atoms with Crippen LogP contribution in [0, 0.1) is 0 Å². The van der Waals surface area contributed by atoms with E-state index in [0.717, 1.165) is 19.3 Å². The molecule has 3 rings (SSSR count). The van der Waals surface area contributed by atoms with Crippen molar-refractivity contribution in [2.24, 2.45) is 0 Å². The third-order valence-electron chi connectivity index (χ3n) is 5.45. The van der Waals surface area contributed by atoms with Gasteiger partial charge in [0, 0.05) is 5.82 Å². The van der Waals surface area contributed by atoms with Gasteiger partial charge in [0.2, 0.25) is 0 Å². The smallest absolute Gasteiger partial charge is 0.403 e. The largest absolute Gasteiger partial charge is 0.465 e. The summed E-state index contributed by atoms with van der Waals surface area (Å²) in [5.74, 6) is 0.409. The molecule has 0 radical (unpaired) electrons. The SMILES string of the molecule is CC1(C)OB([C@@H]2C=C(CCc3ccccc3)CC2)OC1(C)C. The molecule has 118 valence electrons. The molecule has 0 spiro atoms. The molecular weight excluding hydrogens is 271 g/mol. The second-order valence-corrected chi connectivity index (χ2v) is 7.64. The quantitative estimate of drug-likeness (QED) is 0.587. The van der Waals surface area contributed by atoms with Crippen molar-refractivity contribution in [2.75, 3.05) is 0 Å². The highest BCUT2D eigenvalue weighted by Gasteiger charge is 2.53. The summed E-state index contributed by atoms with van der Waals surface area (Å²) in [6, 6.07) is 10.7. The van der Waals surface area contributed by atoms with Crippen molar-refractivity contribution in [3.8, 4) is 0 Å². The molecule has 2 nitrogen and oxygen atoms in total. The van der Waals surface area contributed by atoms with Gasteiger partial charge in [0.05, 0.1) is 11.2 Å². The first-order chi connectivity index (χ1) is 10.4. The fraction of sp³-hybridized carbons (Fsp3) is 0.579. The molecule has 1 atom stereocenters. The van der Waals surface area contributed by atoms with Crippen molar-refractivity contribution >= 4 is 7.12 Å². The molecule has 0 N–H and O–H groups in total. The van der Waals surface area contributed by atoms with Crippen LogP contribution in [0.3, 0.4) is 0 Å². The van der Waals surface area contributed by atoms with Crippen molar-refractivity contribution in [1.82, 2.24) is 0 Å². The zero-order valence-corrected chi connectivity index (χ0v) is 14.3. The van der Waals surface area contributed by atoms with E-state index < -0.39 is 0 Å². The zero-order chi connectivity index (χ0) is 15.8. The van der Waals surface area contributed by atoms with Crippen LogP contribution in [0.4, 0.5) is 0 Å². The summed E-state index contributed by atoms with van der Waals surface area (Å²) in [6.45, 7) is 8.51. The summed E-state index contributed by atoms with van der Waals surface area (Å²) in [5, 5.41) is 0. The molecule has 1 aliphatic heterocycles. The van der Waals surface area contributed by atoms with Crippen LogP contribution in [0.1, 0.15) is 52.5 Å². The molecule has 22 heavy (non-hydrogen) atoms. The molecule has 0 unspecified atom stereocenters. The predicted octanol–water partition coefficient (Wildman–Crippen LogP) is 4.80. The van der Waals surface area contributed by atoms with Gasteiger partial charge in [0.1, 0.15) is 0 Å². The fourth-order valence-corrected chi connectivity index (χ4v) is 3.26. The lowest BCUT2D eigenvalue weighted by molar-refractivity contribution is 0.00578. The van der Waals surface area contributed by atoms with Crippen molar-refractivity contribution in [1.29, 1.82) is 0 Å². The van der Waals surface area contributed by atoms with Gasteiger partial charge < -0.3 is 9.31 Å². The van der Waals surface area contributed by atoms with E-state index in [1.807, 2.05) is 0 Å². The van der Waals surface area contributed by atoms with Gasteiger partial charge in [-0.2, -0.15) is 0 Å². The standard InChI is InChI=1S/C19H27BO2/c1-18(2)19(3,4)22-20(21-18)17-13-12-16(14-17)11-10-15-8-6-5-7-9-15/h5-9,14,17H,10-13H2,1-4H3/t17-/m0/s1. The number of allylic oxidation sites excluding steroid dienone is 2. The Bertz CT molecular complexity index is 532. The van der Waals surface area contributed by atoms with Gasteiger partial charge in [-0.3, -0.25) is 0 Å². The van der Waals surface area contributed by atoms with Crippen LogP contribution < -0.4 is 0 Å². The molecule has 1 saturated heterocycles. The van der Waals surface area contributed by atoms with Crippen LogP contribution in [0.2, 0.25) is 5.82 Å². The van der Waals surface area contributed by atoms with Gasteiger partial charge in [0.25, 0.3) is 0 Å². The second-order valence-electron chi connectivity index (χ2n) is 7.64. The molecule has 1 fully saturated rings. The molecule has 2 aliphatic rings. The Kier molecular flexibility index (Phi) is 4.22. The van der Waals surface area contributed by atoms with Crippen molar-refractivity contribution in [2.45, 2.75) is 70.4 Å². The number of rotatable bonds is 4. The monoisotopic (exact) mass is 298 g/mol. The topological polar surface area (TPSA) is 18.5 Å². The van der Waals surface area contributed by atoms with E-state index >= 15 is 0 Å². The van der Waals surface area contributed by atoms with Crippen LogP contribution in [0.25, 0.3) is 0 Å². The van der Waals surface area contributed by atoms with Gasteiger partial charge in [-0.25, -0.2) is 0 Å². The van der Waals surface area contributed by atoms with Crippen molar-refractivity contribution in [3.63, 3.8) is 0 Å². The normalized spacial score (nSPS) is 26.3. The zero-order valence-electron chi connectivity index (χ0n) is 14.3. The number of hydrogen-bond donors (Lipinski definition) is 0. The predicted molar refractivity (Wildman–Crippen MR) is 91.9 cm³/mol. The van der Waals surface area contributed by atoms with Crippen LogP contribution in [-0.4, -0.2) is 18.3 Å². The Hall–Kier alpha value is -1.06. The lowest BCUT2D eigenvalue weighted by Crippen LogP contribution is -2.41. The Morgan fingerprint density at radius 1 is 1.00 bits per heavy atom. The maximum Gasteiger partial charge on any atom is 0.465 e. The van der Waals surface area contributed by atoms with E-state index in [2.05, 4.69) is 64.1 Å². The minimum absolute atomic E-state index is 0.0841. The van der Waals surface area contributed by atoms with E-state index in [1.165, 1.54) is 12.0 Å². The first-order valence-corrected chi connectivity index (χ1v) is 8.46. The summed E-state index contributed by atoms with van der Waals surface area (Å²) >= 11 is 0. The van der Waals surface area contributed by atoms with Gasteiger partial charge in [-0.05, 0) is 58.9 Å². The third kappa shape index (κ3) is 3.16. The Morgan fingerprint density at radius 3 is 2.27 bits per heavy atom. The lowest BCUT2D eigenvalue weighted by Gasteiger charge is -2.32. The van der Waals surface area contributed by atoms with E-state index in [9.17, 15) is 0 Å². The van der Waals surface area contributed by atoms with E-state index in [0.29, 0.717) is 5.82 Å². The van der Waals surface area contributed by atoms with Crippen LogP contribution in [0.5, 0.6) is 0 Å². The first kappa shape index (κ1) is 15.8. The van der Waals surface area contributed by atoms with E-state index in [1.54, 1.807) is 5.57 Å². The van der Waals surface area contributed by atoms with E-state index in [4.69, 9.17) is 9.31 Å². The average molecular weight is 298 g/mol. The molecule has 1 aliphatic carbocycles. The summed E-state index contributed by atoms with van der Waals surface area (Å²) in [4.78, 5) is 0. The summed E-state index contributed by atoms with van der Waals surface area (Å²) in [6.07, 6.45) is 7.02. The van der Waals surface area contributed by atoms with Gasteiger partial charge in [-0.1, -0.05) is 42.0 Å².